The first-order valence-corrected chi connectivity index (χ1v) is 9.50. The molecular formula is C17H19N4O2S2+. The van der Waals surface area contributed by atoms with E-state index in [1.807, 2.05) is 31.3 Å². The van der Waals surface area contributed by atoms with Crippen molar-refractivity contribution in [3.63, 3.8) is 0 Å². The van der Waals surface area contributed by atoms with Crippen molar-refractivity contribution < 1.29 is 14.5 Å². The average molecular weight is 375 g/mol. The van der Waals surface area contributed by atoms with Gasteiger partial charge in [0.15, 0.2) is 11.6 Å². The van der Waals surface area contributed by atoms with Gasteiger partial charge in [0.2, 0.25) is 0 Å². The van der Waals surface area contributed by atoms with Crippen molar-refractivity contribution in [3.05, 3.63) is 46.3 Å². The number of nitrogens with two attached hydrogens (primary N) is 1. The molecule has 2 amide bonds. The highest BCUT2D eigenvalue weighted by Crippen LogP contribution is 2.25. The summed E-state index contributed by atoms with van der Waals surface area (Å²) in [6.45, 7) is 2.33. The zero-order chi connectivity index (χ0) is 18.0. The second-order valence-electron chi connectivity index (χ2n) is 5.84. The van der Waals surface area contributed by atoms with Crippen LogP contribution in [0.25, 0.3) is 10.2 Å². The summed E-state index contributed by atoms with van der Waals surface area (Å²) in [7, 11) is 1.96. The summed E-state index contributed by atoms with van der Waals surface area (Å²) < 4.78 is 1.14. The number of para-hydroxylation sites is 1. The van der Waals surface area contributed by atoms with Crippen molar-refractivity contribution in [2.24, 2.45) is 5.73 Å². The van der Waals surface area contributed by atoms with Crippen LogP contribution in [0, 0.1) is 0 Å². The molecular weight excluding hydrogens is 356 g/mol. The van der Waals surface area contributed by atoms with Gasteiger partial charge in [-0.25, -0.2) is 4.98 Å². The molecule has 2 atom stereocenters. The monoisotopic (exact) mass is 375 g/mol. The van der Waals surface area contributed by atoms with Crippen LogP contribution in [0.3, 0.4) is 0 Å². The molecule has 0 radical (unpaired) electrons. The minimum absolute atomic E-state index is 0.0853. The lowest BCUT2D eigenvalue weighted by molar-refractivity contribution is -0.902. The van der Waals surface area contributed by atoms with E-state index in [9.17, 15) is 9.59 Å². The molecule has 1 aromatic carbocycles. The number of carbonyl (C=O) groups is 2. The molecule has 6 nitrogen and oxygen atoms in total. The summed E-state index contributed by atoms with van der Waals surface area (Å²) in [5.41, 5.74) is 6.63. The standard InChI is InChI=1S/C17H18N4O2S2/c1-10(16-19-12-5-3-4-6-13(12)25-16)21(2)9-14(22)20-17-11(15(18)23)7-8-24-17/h3-8,10H,9H2,1-2H3,(H2,18,23)(H,20,22)/p+1/t10-/m0/s1. The first-order valence-electron chi connectivity index (χ1n) is 7.80. The third kappa shape index (κ3) is 3.87. The van der Waals surface area contributed by atoms with Crippen LogP contribution in [-0.2, 0) is 4.79 Å². The normalized spacial score (nSPS) is 13.5. The maximum Gasteiger partial charge on any atom is 0.280 e. The third-order valence-electron chi connectivity index (χ3n) is 4.04. The number of hydrogen-bond donors (Lipinski definition) is 3. The van der Waals surface area contributed by atoms with E-state index in [1.54, 1.807) is 22.8 Å². The minimum atomic E-state index is -0.542. The largest absolute Gasteiger partial charge is 0.366 e. The second kappa shape index (κ2) is 7.30. The third-order valence-corrected chi connectivity index (χ3v) is 6.09. The van der Waals surface area contributed by atoms with E-state index < -0.39 is 5.91 Å². The second-order valence-corrected chi connectivity index (χ2v) is 7.82. The molecule has 0 bridgehead atoms. The lowest BCUT2D eigenvalue weighted by Crippen LogP contribution is -3.10. The molecule has 8 heteroatoms. The van der Waals surface area contributed by atoms with Crippen LogP contribution in [0.5, 0.6) is 0 Å². The van der Waals surface area contributed by atoms with Gasteiger partial charge in [0.1, 0.15) is 11.0 Å². The highest BCUT2D eigenvalue weighted by Gasteiger charge is 2.23. The van der Waals surface area contributed by atoms with Gasteiger partial charge in [0.25, 0.3) is 11.8 Å². The van der Waals surface area contributed by atoms with E-state index in [-0.39, 0.29) is 18.5 Å². The molecule has 3 aromatic rings. The number of thiophene rings is 1. The summed E-state index contributed by atoms with van der Waals surface area (Å²) in [5.74, 6) is -0.699. The Morgan fingerprint density at radius 1 is 1.32 bits per heavy atom. The van der Waals surface area contributed by atoms with Gasteiger partial charge < -0.3 is 16.0 Å². The number of primary amides is 1. The zero-order valence-corrected chi connectivity index (χ0v) is 15.5. The first-order chi connectivity index (χ1) is 12.0. The number of aromatic nitrogens is 1. The van der Waals surface area contributed by atoms with Gasteiger partial charge in [-0.2, -0.15) is 0 Å². The van der Waals surface area contributed by atoms with Crippen molar-refractivity contribution in [3.8, 4) is 0 Å². The Bertz CT molecular complexity index is 885. The summed E-state index contributed by atoms with van der Waals surface area (Å²) in [5, 5.41) is 6.01. The SMILES string of the molecule is C[C@@H](c1nc2ccccc2s1)[NH+](C)CC(=O)Nc1sccc1C(N)=O. The van der Waals surface area contributed by atoms with Crippen LogP contribution in [0.1, 0.15) is 28.3 Å². The number of quaternary nitrogens is 1. The Morgan fingerprint density at radius 2 is 2.08 bits per heavy atom. The quantitative estimate of drug-likeness (QED) is 0.612. The number of rotatable bonds is 6. The van der Waals surface area contributed by atoms with Gasteiger partial charge in [-0.1, -0.05) is 12.1 Å². The molecule has 4 N–H and O–H groups in total. The van der Waals surface area contributed by atoms with Gasteiger partial charge in [-0.3, -0.25) is 9.59 Å². The molecule has 130 valence electrons. The van der Waals surface area contributed by atoms with E-state index in [0.717, 1.165) is 20.1 Å². The number of carbonyl (C=O) groups excluding carboxylic acids is 2. The van der Waals surface area contributed by atoms with Crippen LogP contribution in [-0.4, -0.2) is 30.4 Å². The van der Waals surface area contributed by atoms with Crippen LogP contribution >= 0.6 is 22.7 Å². The first kappa shape index (κ1) is 17.5. The smallest absolute Gasteiger partial charge is 0.280 e. The van der Waals surface area contributed by atoms with Gasteiger partial charge in [0, 0.05) is 0 Å². The predicted octanol–water partition coefficient (Wildman–Crippen LogP) is 1.67. The van der Waals surface area contributed by atoms with Crippen LogP contribution in [0.4, 0.5) is 5.00 Å². The number of anilines is 1. The van der Waals surface area contributed by atoms with Crippen LogP contribution < -0.4 is 16.0 Å². The molecule has 0 saturated heterocycles. The fourth-order valence-corrected chi connectivity index (χ4v) is 4.38. The van der Waals surface area contributed by atoms with Crippen molar-refractivity contribution in [2.75, 3.05) is 18.9 Å². The molecule has 0 aliphatic heterocycles. The van der Waals surface area contributed by atoms with Gasteiger partial charge >= 0.3 is 0 Å². The van der Waals surface area contributed by atoms with Crippen molar-refractivity contribution in [1.82, 2.24) is 4.98 Å². The van der Waals surface area contributed by atoms with Crippen molar-refractivity contribution in [1.29, 1.82) is 0 Å². The Morgan fingerprint density at radius 3 is 2.80 bits per heavy atom. The number of nitrogens with one attached hydrogen (secondary N) is 2. The minimum Gasteiger partial charge on any atom is -0.366 e. The Balaban J connectivity index is 1.66. The number of nitrogens with zero attached hydrogens (tertiary/aromatic N) is 1. The van der Waals surface area contributed by atoms with E-state index >= 15 is 0 Å². The molecule has 0 fully saturated rings. The van der Waals surface area contributed by atoms with E-state index in [4.69, 9.17) is 5.73 Å². The summed E-state index contributed by atoms with van der Waals surface area (Å²) in [4.78, 5) is 29.3. The fraction of sp³-hybridized carbons (Fsp3) is 0.235. The Labute approximate surface area is 153 Å². The molecule has 0 aliphatic rings. The maximum atomic E-state index is 12.3. The topological polar surface area (TPSA) is 89.5 Å². The predicted molar refractivity (Wildman–Crippen MR) is 101 cm³/mol. The van der Waals surface area contributed by atoms with Crippen LogP contribution in [0.2, 0.25) is 0 Å². The fourth-order valence-electron chi connectivity index (χ4n) is 2.46. The number of hydrogen-bond acceptors (Lipinski definition) is 5. The van der Waals surface area contributed by atoms with Crippen molar-refractivity contribution in [2.45, 2.75) is 13.0 Å². The summed E-state index contributed by atoms with van der Waals surface area (Å²) in [6.07, 6.45) is 0. The van der Waals surface area contributed by atoms with E-state index in [2.05, 4.69) is 17.2 Å². The Hall–Kier alpha value is -2.29. The highest BCUT2D eigenvalue weighted by molar-refractivity contribution is 7.18. The number of thiazole rings is 1. The summed E-state index contributed by atoms with van der Waals surface area (Å²) in [6, 6.07) is 9.71. The molecule has 3 rings (SSSR count). The number of fused-ring (bicyclic) bond motifs is 1. The number of amides is 2. The molecule has 0 spiro atoms. The number of likely N-dealkylation sites (N-methyl/N-ethyl adjacent to an activating group) is 1. The molecule has 25 heavy (non-hydrogen) atoms. The number of benzene rings is 1. The maximum absolute atomic E-state index is 12.3. The molecule has 2 aromatic heterocycles. The Kier molecular flexibility index (Phi) is 5.12. The average Bonchev–Trinajstić information content (AvgIpc) is 3.20. The summed E-state index contributed by atoms with van der Waals surface area (Å²) >= 11 is 2.94. The molecule has 0 saturated carbocycles. The highest BCUT2D eigenvalue weighted by atomic mass is 32.1. The van der Waals surface area contributed by atoms with E-state index in [1.165, 1.54) is 11.3 Å². The van der Waals surface area contributed by atoms with Crippen LogP contribution in [0.15, 0.2) is 35.7 Å². The van der Waals surface area contributed by atoms with Gasteiger partial charge in [0.05, 0.1) is 22.8 Å². The molecule has 0 aliphatic carbocycles. The van der Waals surface area contributed by atoms with Gasteiger partial charge in [-0.15, -0.1) is 22.7 Å². The van der Waals surface area contributed by atoms with E-state index in [0.29, 0.717) is 10.6 Å². The lowest BCUT2D eigenvalue weighted by atomic mass is 10.3. The lowest BCUT2D eigenvalue weighted by Gasteiger charge is -2.19. The zero-order valence-electron chi connectivity index (χ0n) is 13.9. The van der Waals surface area contributed by atoms with Gasteiger partial charge in [-0.05, 0) is 30.5 Å². The molecule has 2 heterocycles. The molecule has 1 unspecified atom stereocenters. The van der Waals surface area contributed by atoms with Crippen molar-refractivity contribution >= 4 is 49.7 Å².